The van der Waals surface area contributed by atoms with Gasteiger partial charge in [-0.1, -0.05) is 23.4 Å². The summed E-state index contributed by atoms with van der Waals surface area (Å²) >= 11 is 0. The van der Waals surface area contributed by atoms with Crippen LogP contribution >= 0.6 is 0 Å². The largest absolute Gasteiger partial charge is 0.347 e. The molecule has 1 aliphatic rings. The first-order valence-electron chi connectivity index (χ1n) is 9.16. The number of fused-ring (bicyclic) bond motifs is 1. The number of benzene rings is 1. The lowest BCUT2D eigenvalue weighted by Gasteiger charge is -2.32. The zero-order valence-corrected chi connectivity index (χ0v) is 15.3. The van der Waals surface area contributed by atoms with Gasteiger partial charge in [-0.15, -0.1) is 0 Å². The highest BCUT2D eigenvalue weighted by molar-refractivity contribution is 5.89. The van der Waals surface area contributed by atoms with Gasteiger partial charge in [0.25, 0.3) is 0 Å². The van der Waals surface area contributed by atoms with Crippen LogP contribution < -0.4 is 5.32 Å². The monoisotopic (exact) mass is 387 g/mol. The lowest BCUT2D eigenvalue weighted by atomic mass is 10.0. The number of hydrogen-bond donors (Lipinski definition) is 2. The predicted octanol–water partition coefficient (Wildman–Crippen LogP) is 3.19. The van der Waals surface area contributed by atoms with Crippen LogP contribution in [-0.2, 0) is 13.0 Å². The number of para-hydroxylation sites is 1. The summed E-state index contributed by atoms with van der Waals surface area (Å²) in [7, 11) is 0. The van der Waals surface area contributed by atoms with Crippen molar-refractivity contribution in [1.82, 2.24) is 30.0 Å². The second-order valence-corrected chi connectivity index (χ2v) is 6.66. The van der Waals surface area contributed by atoms with Crippen molar-refractivity contribution in [3.05, 3.63) is 78.5 Å². The Bertz CT molecular complexity index is 1120. The Balaban J connectivity index is 1.46. The van der Waals surface area contributed by atoms with E-state index in [1.807, 2.05) is 30.3 Å². The molecule has 3 aromatic heterocycles. The normalized spacial score (nSPS) is 15.7. The number of anilines is 1. The van der Waals surface area contributed by atoms with Crippen LogP contribution in [0.3, 0.4) is 0 Å². The Morgan fingerprint density at radius 1 is 1.17 bits per heavy atom. The smallest absolute Gasteiger partial charge is 0.322 e. The highest BCUT2D eigenvalue weighted by Gasteiger charge is 2.36. The minimum atomic E-state index is -0.419. The quantitative estimate of drug-likeness (QED) is 0.558. The van der Waals surface area contributed by atoms with Gasteiger partial charge in [0.1, 0.15) is 6.04 Å². The maximum Gasteiger partial charge on any atom is 0.322 e. The van der Waals surface area contributed by atoms with Crippen molar-refractivity contribution >= 4 is 11.7 Å². The van der Waals surface area contributed by atoms with Crippen LogP contribution in [0, 0.1) is 0 Å². The molecule has 0 saturated heterocycles. The number of hydrogen-bond acceptors (Lipinski definition) is 6. The van der Waals surface area contributed by atoms with E-state index >= 15 is 0 Å². The Kier molecular flexibility index (Phi) is 4.24. The molecular formula is C20H17N7O2. The van der Waals surface area contributed by atoms with Crippen LogP contribution in [0.5, 0.6) is 0 Å². The van der Waals surface area contributed by atoms with Gasteiger partial charge in [-0.3, -0.25) is 4.98 Å². The van der Waals surface area contributed by atoms with Crippen molar-refractivity contribution in [2.75, 3.05) is 5.32 Å². The van der Waals surface area contributed by atoms with Crippen molar-refractivity contribution < 1.29 is 9.32 Å². The number of aromatic nitrogens is 5. The van der Waals surface area contributed by atoms with Gasteiger partial charge in [0, 0.05) is 30.1 Å². The first-order valence-corrected chi connectivity index (χ1v) is 9.16. The summed E-state index contributed by atoms with van der Waals surface area (Å²) < 4.78 is 5.54. The highest BCUT2D eigenvalue weighted by atomic mass is 16.5. The standard InChI is InChI=1S/C20H17N7O2/c28-20(24-14-4-2-1-3-5-14)27-11-16-15(22-12-23-16)10-17(27)19-25-18(26-29-19)13-6-8-21-9-7-13/h1-9,12,17H,10-11H2,(H,22,23)(H,24,28)/t17-/m0/s1. The molecule has 0 aliphatic carbocycles. The van der Waals surface area contributed by atoms with E-state index < -0.39 is 6.04 Å². The fourth-order valence-electron chi connectivity index (χ4n) is 3.38. The lowest BCUT2D eigenvalue weighted by Crippen LogP contribution is -2.41. The van der Waals surface area contributed by atoms with E-state index in [4.69, 9.17) is 4.52 Å². The molecule has 0 fully saturated rings. The number of amides is 2. The van der Waals surface area contributed by atoms with E-state index in [9.17, 15) is 4.79 Å². The molecule has 4 aromatic rings. The van der Waals surface area contributed by atoms with Gasteiger partial charge in [-0.05, 0) is 24.3 Å². The summed E-state index contributed by atoms with van der Waals surface area (Å²) in [6, 6.07) is 12.3. The molecule has 4 heterocycles. The van der Waals surface area contributed by atoms with Crippen molar-refractivity contribution in [3.8, 4) is 11.4 Å². The Labute approximate surface area is 165 Å². The molecule has 0 spiro atoms. The molecule has 0 saturated carbocycles. The minimum Gasteiger partial charge on any atom is -0.347 e. The van der Waals surface area contributed by atoms with Gasteiger partial charge in [-0.2, -0.15) is 4.98 Å². The summed E-state index contributed by atoms with van der Waals surface area (Å²) in [6.07, 6.45) is 5.46. The molecule has 5 rings (SSSR count). The van der Waals surface area contributed by atoms with Crippen LogP contribution in [0.15, 0.2) is 65.7 Å². The molecule has 1 aromatic carbocycles. The first kappa shape index (κ1) is 17.1. The fourth-order valence-corrected chi connectivity index (χ4v) is 3.38. The third-order valence-corrected chi connectivity index (χ3v) is 4.85. The van der Waals surface area contributed by atoms with Crippen molar-refractivity contribution in [2.24, 2.45) is 0 Å². The molecule has 144 valence electrons. The molecule has 2 amide bonds. The fraction of sp³-hybridized carbons (Fsp3) is 0.150. The number of rotatable bonds is 3. The summed E-state index contributed by atoms with van der Waals surface area (Å²) in [5.41, 5.74) is 3.31. The number of imidazole rings is 1. The third kappa shape index (κ3) is 3.33. The molecule has 0 unspecified atom stereocenters. The highest BCUT2D eigenvalue weighted by Crippen LogP contribution is 2.32. The summed E-state index contributed by atoms with van der Waals surface area (Å²) in [5.74, 6) is 0.826. The number of H-pyrrole nitrogens is 1. The molecule has 9 nitrogen and oxygen atoms in total. The third-order valence-electron chi connectivity index (χ3n) is 4.85. The molecular weight excluding hydrogens is 370 g/mol. The zero-order chi connectivity index (χ0) is 19.6. The molecule has 0 radical (unpaired) electrons. The van der Waals surface area contributed by atoms with Gasteiger partial charge in [0.05, 0.1) is 24.3 Å². The van der Waals surface area contributed by atoms with E-state index in [-0.39, 0.29) is 6.03 Å². The second kappa shape index (κ2) is 7.19. The molecule has 29 heavy (non-hydrogen) atoms. The van der Waals surface area contributed by atoms with Crippen LogP contribution in [-0.4, -0.2) is 36.0 Å². The predicted molar refractivity (Wildman–Crippen MR) is 104 cm³/mol. The van der Waals surface area contributed by atoms with Gasteiger partial charge < -0.3 is 19.7 Å². The van der Waals surface area contributed by atoms with Crippen LogP contribution in [0.25, 0.3) is 11.4 Å². The van der Waals surface area contributed by atoms with Gasteiger partial charge in [-0.25, -0.2) is 9.78 Å². The van der Waals surface area contributed by atoms with Crippen molar-refractivity contribution in [1.29, 1.82) is 0 Å². The van der Waals surface area contributed by atoms with Gasteiger partial charge in [0.2, 0.25) is 11.7 Å². The number of urea groups is 1. The average molecular weight is 387 g/mol. The molecule has 1 atom stereocenters. The number of nitrogens with one attached hydrogen (secondary N) is 2. The first-order chi connectivity index (χ1) is 14.3. The maximum absolute atomic E-state index is 13.0. The summed E-state index contributed by atoms with van der Waals surface area (Å²) in [4.78, 5) is 30.7. The number of carbonyl (C=O) groups excluding carboxylic acids is 1. The Hall–Kier alpha value is -4.01. The molecule has 1 aliphatic heterocycles. The van der Waals surface area contributed by atoms with Crippen molar-refractivity contribution in [3.63, 3.8) is 0 Å². The minimum absolute atomic E-state index is 0.245. The van der Waals surface area contributed by atoms with Crippen LogP contribution in [0.1, 0.15) is 23.3 Å². The van der Waals surface area contributed by atoms with E-state index in [0.717, 1.165) is 22.6 Å². The molecule has 0 bridgehead atoms. The van der Waals surface area contributed by atoms with Crippen molar-refractivity contribution in [2.45, 2.75) is 19.0 Å². The number of pyridine rings is 1. The number of carbonyl (C=O) groups is 1. The Morgan fingerprint density at radius 3 is 2.83 bits per heavy atom. The number of nitrogens with zero attached hydrogens (tertiary/aromatic N) is 5. The zero-order valence-electron chi connectivity index (χ0n) is 15.3. The average Bonchev–Trinajstić information content (AvgIpc) is 3.43. The molecule has 9 heteroatoms. The Morgan fingerprint density at radius 2 is 2.00 bits per heavy atom. The van der Waals surface area contributed by atoms with E-state index in [1.54, 1.807) is 35.8 Å². The molecule has 2 N–H and O–H groups in total. The second-order valence-electron chi connectivity index (χ2n) is 6.66. The summed E-state index contributed by atoms with van der Waals surface area (Å²) in [5, 5.41) is 7.01. The van der Waals surface area contributed by atoms with Gasteiger partial charge in [0.15, 0.2) is 0 Å². The van der Waals surface area contributed by atoms with E-state index in [1.165, 1.54) is 0 Å². The SMILES string of the molecule is O=C(Nc1ccccc1)N1Cc2[nH]cnc2C[C@H]1c1nc(-c2ccncc2)no1. The maximum atomic E-state index is 13.0. The topological polar surface area (TPSA) is 113 Å². The van der Waals surface area contributed by atoms with E-state index in [2.05, 4.69) is 30.4 Å². The summed E-state index contributed by atoms with van der Waals surface area (Å²) in [6.45, 7) is 0.367. The van der Waals surface area contributed by atoms with E-state index in [0.29, 0.717) is 24.7 Å². The van der Waals surface area contributed by atoms with Crippen LogP contribution in [0.4, 0.5) is 10.5 Å². The van der Waals surface area contributed by atoms with Gasteiger partial charge >= 0.3 is 6.03 Å². The van der Waals surface area contributed by atoms with Crippen LogP contribution in [0.2, 0.25) is 0 Å². The lowest BCUT2D eigenvalue weighted by molar-refractivity contribution is 0.155. The number of aromatic amines is 1.